The zero-order valence-electron chi connectivity index (χ0n) is 14.3. The molecule has 0 radical (unpaired) electrons. The number of benzene rings is 2. The van der Waals surface area contributed by atoms with Crippen LogP contribution in [0.3, 0.4) is 0 Å². The third-order valence-corrected chi connectivity index (χ3v) is 5.52. The molecular weight excluding hydrogens is 462 g/mol. The Labute approximate surface area is 167 Å². The summed E-state index contributed by atoms with van der Waals surface area (Å²) in [4.78, 5) is 3.63. The van der Waals surface area contributed by atoms with Crippen LogP contribution in [0.1, 0.15) is 5.69 Å². The van der Waals surface area contributed by atoms with Gasteiger partial charge in [0.15, 0.2) is 15.5 Å². The van der Waals surface area contributed by atoms with E-state index in [1.165, 1.54) is 42.5 Å². The van der Waals surface area contributed by atoms with Crippen molar-refractivity contribution in [3.63, 3.8) is 0 Å². The molecule has 0 saturated carbocycles. The van der Waals surface area contributed by atoms with Crippen molar-refractivity contribution in [3.05, 3.63) is 70.7 Å². The van der Waals surface area contributed by atoms with Gasteiger partial charge in [0.2, 0.25) is 0 Å². The van der Waals surface area contributed by atoms with Crippen LogP contribution in [0.2, 0.25) is 0 Å². The molecule has 146 valence electrons. The van der Waals surface area contributed by atoms with Gasteiger partial charge in [-0.25, -0.2) is 17.8 Å². The van der Waals surface area contributed by atoms with Gasteiger partial charge in [0.05, 0.1) is 4.90 Å². The van der Waals surface area contributed by atoms with E-state index in [-0.39, 0.29) is 26.2 Å². The van der Waals surface area contributed by atoms with E-state index in [2.05, 4.69) is 20.9 Å². The summed E-state index contributed by atoms with van der Waals surface area (Å²) >= 11 is 3.00. The summed E-state index contributed by atoms with van der Waals surface area (Å²) < 4.78 is 77.5. The monoisotopic (exact) mass is 473 g/mol. The van der Waals surface area contributed by atoms with Crippen LogP contribution in [-0.2, 0) is 16.0 Å². The summed E-state index contributed by atoms with van der Waals surface area (Å²) in [5.74, 6) is -0.582. The lowest BCUT2D eigenvalue weighted by Crippen LogP contribution is -2.11. The Morgan fingerprint density at radius 1 is 0.929 bits per heavy atom. The molecule has 28 heavy (non-hydrogen) atoms. The van der Waals surface area contributed by atoms with Gasteiger partial charge in [-0.2, -0.15) is 13.2 Å². The number of aromatic nitrogens is 1. The molecule has 0 N–H and O–H groups in total. The van der Waals surface area contributed by atoms with Crippen molar-refractivity contribution in [3.8, 4) is 22.3 Å². The molecule has 1 heterocycles. The van der Waals surface area contributed by atoms with Gasteiger partial charge in [0.1, 0.15) is 10.4 Å². The highest BCUT2D eigenvalue weighted by atomic mass is 79.9. The molecule has 2 aromatic carbocycles. The van der Waals surface area contributed by atoms with Gasteiger partial charge in [0, 0.05) is 11.8 Å². The minimum Gasteiger partial charge on any atom is -0.236 e. The van der Waals surface area contributed by atoms with Crippen molar-refractivity contribution in [2.75, 3.05) is 6.26 Å². The first-order valence-electron chi connectivity index (χ1n) is 7.81. The first-order valence-corrected chi connectivity index (χ1v) is 10.5. The number of hydrogen-bond acceptors (Lipinski definition) is 3. The predicted molar refractivity (Wildman–Crippen MR) is 101 cm³/mol. The zero-order chi connectivity index (χ0) is 20.7. The van der Waals surface area contributed by atoms with Crippen LogP contribution >= 0.6 is 15.9 Å². The Hall–Kier alpha value is -2.26. The summed E-state index contributed by atoms with van der Waals surface area (Å²) in [6.07, 6.45) is -3.72. The molecule has 0 amide bonds. The van der Waals surface area contributed by atoms with Crippen LogP contribution in [0.15, 0.2) is 64.1 Å². The molecule has 3 aromatic rings. The lowest BCUT2D eigenvalue weighted by Gasteiger charge is -2.17. The Bertz CT molecular complexity index is 1130. The van der Waals surface area contributed by atoms with Gasteiger partial charge in [-0.15, -0.1) is 0 Å². The lowest BCUT2D eigenvalue weighted by molar-refractivity contribution is -0.140. The van der Waals surface area contributed by atoms with Gasteiger partial charge in [-0.05, 0) is 63.0 Å². The fourth-order valence-corrected chi connectivity index (χ4v) is 3.77. The van der Waals surface area contributed by atoms with Crippen molar-refractivity contribution in [1.82, 2.24) is 4.98 Å². The topological polar surface area (TPSA) is 47.0 Å². The van der Waals surface area contributed by atoms with E-state index in [9.17, 15) is 26.0 Å². The molecule has 0 spiro atoms. The maximum absolute atomic E-state index is 13.7. The standard InChI is InChI=1S/C19H12BrF4NO2S/c1-28(26,27)14-8-4-11(5-9-14)15-10-16(20)25-18(19(22,23)24)17(15)12-2-6-13(21)7-3-12/h2-10H,1H3. The molecule has 3 nitrogen and oxygen atoms in total. The van der Waals surface area contributed by atoms with E-state index in [0.29, 0.717) is 5.56 Å². The molecule has 0 saturated heterocycles. The molecule has 0 aliphatic rings. The van der Waals surface area contributed by atoms with Gasteiger partial charge < -0.3 is 0 Å². The minimum atomic E-state index is -4.76. The Morgan fingerprint density at radius 2 is 1.46 bits per heavy atom. The number of hydrogen-bond donors (Lipinski definition) is 0. The van der Waals surface area contributed by atoms with Gasteiger partial charge in [0.25, 0.3) is 0 Å². The van der Waals surface area contributed by atoms with Crippen LogP contribution in [0.5, 0.6) is 0 Å². The molecule has 0 aliphatic heterocycles. The van der Waals surface area contributed by atoms with Crippen molar-refractivity contribution >= 4 is 25.8 Å². The third kappa shape index (κ3) is 4.25. The number of halogens is 5. The van der Waals surface area contributed by atoms with E-state index < -0.39 is 27.5 Å². The number of nitrogens with zero attached hydrogens (tertiary/aromatic N) is 1. The second-order valence-corrected chi connectivity index (χ2v) is 8.85. The molecule has 3 rings (SSSR count). The number of rotatable bonds is 3. The smallest absolute Gasteiger partial charge is 0.236 e. The second-order valence-electron chi connectivity index (χ2n) is 6.02. The molecule has 1 aromatic heterocycles. The summed E-state index contributed by atoms with van der Waals surface area (Å²) in [5, 5.41) is 0. The van der Waals surface area contributed by atoms with E-state index in [1.807, 2.05) is 0 Å². The van der Waals surface area contributed by atoms with Crippen LogP contribution in [0, 0.1) is 5.82 Å². The highest BCUT2D eigenvalue weighted by Gasteiger charge is 2.37. The van der Waals surface area contributed by atoms with E-state index in [1.54, 1.807) is 0 Å². The lowest BCUT2D eigenvalue weighted by atomic mass is 9.93. The van der Waals surface area contributed by atoms with Gasteiger partial charge in [-0.1, -0.05) is 24.3 Å². The average Bonchev–Trinajstić information content (AvgIpc) is 2.60. The molecule has 0 unspecified atom stereocenters. The summed E-state index contributed by atoms with van der Waals surface area (Å²) in [6, 6.07) is 11.5. The first kappa shape index (κ1) is 20.5. The maximum atomic E-state index is 13.7. The Kier molecular flexibility index (Phi) is 5.33. The minimum absolute atomic E-state index is 0.0344. The average molecular weight is 474 g/mol. The van der Waals surface area contributed by atoms with Crippen molar-refractivity contribution in [1.29, 1.82) is 0 Å². The quantitative estimate of drug-likeness (QED) is 0.360. The first-order chi connectivity index (χ1) is 13.0. The fraction of sp³-hybridized carbons (Fsp3) is 0.105. The van der Waals surface area contributed by atoms with E-state index >= 15 is 0 Å². The fourth-order valence-electron chi connectivity index (χ4n) is 2.74. The Morgan fingerprint density at radius 3 is 1.96 bits per heavy atom. The van der Waals surface area contributed by atoms with Crippen LogP contribution in [0.4, 0.5) is 17.6 Å². The summed E-state index contributed by atoms with van der Waals surface area (Å²) in [5.41, 5.74) is -0.671. The summed E-state index contributed by atoms with van der Waals surface area (Å²) in [7, 11) is -3.45. The zero-order valence-corrected chi connectivity index (χ0v) is 16.7. The Balaban J connectivity index is 2.31. The van der Waals surface area contributed by atoms with Crippen molar-refractivity contribution in [2.24, 2.45) is 0 Å². The normalized spacial score (nSPS) is 12.2. The summed E-state index contributed by atoms with van der Waals surface area (Å²) in [6.45, 7) is 0. The molecule has 0 atom stereocenters. The largest absolute Gasteiger partial charge is 0.434 e. The number of pyridine rings is 1. The highest BCUT2D eigenvalue weighted by Crippen LogP contribution is 2.42. The molecule has 0 bridgehead atoms. The molecule has 9 heteroatoms. The van der Waals surface area contributed by atoms with Crippen molar-refractivity contribution < 1.29 is 26.0 Å². The predicted octanol–water partition coefficient (Wildman–Crippen LogP) is 5.74. The van der Waals surface area contributed by atoms with Crippen LogP contribution in [-0.4, -0.2) is 19.7 Å². The molecule has 0 aliphatic carbocycles. The maximum Gasteiger partial charge on any atom is 0.434 e. The number of sulfone groups is 1. The van der Waals surface area contributed by atoms with Gasteiger partial charge in [-0.3, -0.25) is 0 Å². The SMILES string of the molecule is CS(=O)(=O)c1ccc(-c2cc(Br)nc(C(F)(F)F)c2-c2ccc(F)cc2)cc1. The molecular formula is C19H12BrF4NO2S. The van der Waals surface area contributed by atoms with Crippen LogP contribution < -0.4 is 0 Å². The van der Waals surface area contributed by atoms with Crippen LogP contribution in [0.25, 0.3) is 22.3 Å². The molecule has 0 fully saturated rings. The second kappa shape index (κ2) is 7.29. The van der Waals surface area contributed by atoms with Crippen molar-refractivity contribution in [2.45, 2.75) is 11.1 Å². The third-order valence-electron chi connectivity index (χ3n) is 3.98. The van der Waals surface area contributed by atoms with E-state index in [0.717, 1.165) is 18.4 Å². The number of alkyl halides is 3. The highest BCUT2D eigenvalue weighted by molar-refractivity contribution is 9.10. The van der Waals surface area contributed by atoms with Gasteiger partial charge >= 0.3 is 6.18 Å². The van der Waals surface area contributed by atoms with E-state index in [4.69, 9.17) is 0 Å².